The third-order valence-electron chi connectivity index (χ3n) is 7.04. The fourth-order valence-electron chi connectivity index (χ4n) is 5.47. The summed E-state index contributed by atoms with van der Waals surface area (Å²) in [6.45, 7) is 2.14. The van der Waals surface area contributed by atoms with Crippen LogP contribution >= 0.6 is 15.9 Å². The third kappa shape index (κ3) is 3.29. The predicted octanol–water partition coefficient (Wildman–Crippen LogP) is 9.83. The molecule has 0 radical (unpaired) electrons. The molecule has 0 atom stereocenters. The summed E-state index contributed by atoms with van der Waals surface area (Å²) in [5.74, 6) is 0. The van der Waals surface area contributed by atoms with Crippen LogP contribution in [0.4, 0.5) is 0 Å². The van der Waals surface area contributed by atoms with Gasteiger partial charge in [-0.2, -0.15) is 0 Å². The minimum atomic E-state index is 1.11. The van der Waals surface area contributed by atoms with Gasteiger partial charge in [0.2, 0.25) is 0 Å². The van der Waals surface area contributed by atoms with E-state index in [9.17, 15) is 0 Å². The van der Waals surface area contributed by atoms with Gasteiger partial charge in [0.25, 0.3) is 0 Å². The van der Waals surface area contributed by atoms with Crippen LogP contribution in [0.2, 0.25) is 0 Å². The molecule has 0 aliphatic carbocycles. The predicted molar refractivity (Wildman–Crippen MR) is 154 cm³/mol. The standard InChI is InChI=1S/C33H22BrN/c1-21-16-25(18-26(34)17-21)23-12-14-31-30-8-4-5-9-32(30)35(33(31)20-23)27-13-15-29-24(19-27)11-10-22-6-2-3-7-28(22)29/h2-20H,1H3. The lowest BCUT2D eigenvalue weighted by atomic mass is 10.0. The summed E-state index contributed by atoms with van der Waals surface area (Å²) in [7, 11) is 0. The lowest BCUT2D eigenvalue weighted by molar-refractivity contribution is 1.19. The van der Waals surface area contributed by atoms with E-state index >= 15 is 0 Å². The number of benzene rings is 6. The van der Waals surface area contributed by atoms with E-state index in [2.05, 4.69) is 143 Å². The Labute approximate surface area is 212 Å². The Balaban J connectivity index is 1.52. The summed E-state index contributed by atoms with van der Waals surface area (Å²) in [5, 5.41) is 7.67. The third-order valence-corrected chi connectivity index (χ3v) is 7.49. The molecule has 35 heavy (non-hydrogen) atoms. The van der Waals surface area contributed by atoms with Crippen molar-refractivity contribution in [2.75, 3.05) is 0 Å². The van der Waals surface area contributed by atoms with Gasteiger partial charge in [0, 0.05) is 20.9 Å². The van der Waals surface area contributed by atoms with E-state index in [0.717, 1.165) is 4.47 Å². The molecule has 0 bridgehead atoms. The molecule has 1 heterocycles. The molecule has 0 saturated heterocycles. The van der Waals surface area contributed by atoms with Crippen LogP contribution in [-0.4, -0.2) is 4.57 Å². The smallest absolute Gasteiger partial charge is 0.0547 e. The number of para-hydroxylation sites is 1. The molecular weight excluding hydrogens is 490 g/mol. The van der Waals surface area contributed by atoms with Crippen molar-refractivity contribution in [3.05, 3.63) is 125 Å². The van der Waals surface area contributed by atoms with Crippen molar-refractivity contribution in [3.63, 3.8) is 0 Å². The number of halogens is 1. The summed E-state index contributed by atoms with van der Waals surface area (Å²) >= 11 is 3.67. The number of aromatic nitrogens is 1. The van der Waals surface area contributed by atoms with Gasteiger partial charge in [0.15, 0.2) is 0 Å². The molecular formula is C33H22BrN. The van der Waals surface area contributed by atoms with Gasteiger partial charge in [-0.25, -0.2) is 0 Å². The lowest BCUT2D eigenvalue weighted by Gasteiger charge is -2.12. The van der Waals surface area contributed by atoms with Crippen molar-refractivity contribution in [1.82, 2.24) is 4.57 Å². The number of rotatable bonds is 2. The normalized spacial score (nSPS) is 11.7. The maximum Gasteiger partial charge on any atom is 0.0547 e. The van der Waals surface area contributed by atoms with Crippen LogP contribution in [0.5, 0.6) is 0 Å². The molecule has 6 aromatic carbocycles. The van der Waals surface area contributed by atoms with Gasteiger partial charge in [-0.05, 0) is 81.6 Å². The molecule has 1 aromatic heterocycles. The molecule has 7 rings (SSSR count). The van der Waals surface area contributed by atoms with Crippen LogP contribution in [-0.2, 0) is 0 Å². The molecule has 0 saturated carbocycles. The Kier molecular flexibility index (Phi) is 4.58. The number of aryl methyl sites for hydroxylation is 1. The van der Waals surface area contributed by atoms with E-state index in [-0.39, 0.29) is 0 Å². The van der Waals surface area contributed by atoms with Gasteiger partial charge >= 0.3 is 0 Å². The Morgan fingerprint density at radius 2 is 1.23 bits per heavy atom. The van der Waals surface area contributed by atoms with Gasteiger partial charge in [-0.1, -0.05) is 94.8 Å². The highest BCUT2D eigenvalue weighted by molar-refractivity contribution is 9.10. The number of hydrogen-bond donors (Lipinski definition) is 0. The van der Waals surface area contributed by atoms with Gasteiger partial charge in [0.05, 0.1) is 11.0 Å². The second kappa shape index (κ2) is 7.83. The van der Waals surface area contributed by atoms with Crippen LogP contribution in [0.3, 0.4) is 0 Å². The first kappa shape index (κ1) is 20.5. The highest BCUT2D eigenvalue weighted by Crippen LogP contribution is 2.36. The summed E-state index contributed by atoms with van der Waals surface area (Å²) in [4.78, 5) is 0. The van der Waals surface area contributed by atoms with Crippen LogP contribution in [0.1, 0.15) is 5.56 Å². The first-order valence-electron chi connectivity index (χ1n) is 11.9. The minimum Gasteiger partial charge on any atom is -0.309 e. The Morgan fingerprint density at radius 3 is 2.11 bits per heavy atom. The topological polar surface area (TPSA) is 4.93 Å². The van der Waals surface area contributed by atoms with Crippen molar-refractivity contribution in [3.8, 4) is 16.8 Å². The average molecular weight is 512 g/mol. The Bertz CT molecular complexity index is 1910. The zero-order valence-electron chi connectivity index (χ0n) is 19.3. The first-order chi connectivity index (χ1) is 17.2. The van der Waals surface area contributed by atoms with E-state index in [0.29, 0.717) is 0 Å². The number of nitrogens with zero attached hydrogens (tertiary/aromatic N) is 1. The molecule has 166 valence electrons. The maximum absolute atomic E-state index is 3.67. The molecule has 0 unspecified atom stereocenters. The van der Waals surface area contributed by atoms with E-state index in [4.69, 9.17) is 0 Å². The number of hydrogen-bond acceptors (Lipinski definition) is 0. The van der Waals surface area contributed by atoms with Crippen molar-refractivity contribution < 1.29 is 0 Å². The summed E-state index contributed by atoms with van der Waals surface area (Å²) in [6, 6.07) is 42.1. The van der Waals surface area contributed by atoms with E-state index in [1.165, 1.54) is 65.7 Å². The summed E-state index contributed by atoms with van der Waals surface area (Å²) < 4.78 is 3.52. The van der Waals surface area contributed by atoms with E-state index in [1.807, 2.05) is 0 Å². The second-order valence-electron chi connectivity index (χ2n) is 9.29. The highest BCUT2D eigenvalue weighted by atomic mass is 79.9. The zero-order chi connectivity index (χ0) is 23.5. The lowest BCUT2D eigenvalue weighted by Crippen LogP contribution is -1.94. The van der Waals surface area contributed by atoms with Gasteiger partial charge in [-0.3, -0.25) is 0 Å². The molecule has 0 N–H and O–H groups in total. The molecule has 0 fully saturated rings. The van der Waals surface area contributed by atoms with E-state index < -0.39 is 0 Å². The summed E-state index contributed by atoms with van der Waals surface area (Å²) in [5.41, 5.74) is 7.32. The molecule has 1 nitrogen and oxygen atoms in total. The number of fused-ring (bicyclic) bond motifs is 6. The maximum atomic E-state index is 3.67. The van der Waals surface area contributed by atoms with Crippen LogP contribution in [0, 0.1) is 6.92 Å². The fraction of sp³-hybridized carbons (Fsp3) is 0.0303. The van der Waals surface area contributed by atoms with Crippen molar-refractivity contribution in [1.29, 1.82) is 0 Å². The van der Waals surface area contributed by atoms with Crippen LogP contribution in [0.25, 0.3) is 60.2 Å². The van der Waals surface area contributed by atoms with Crippen molar-refractivity contribution in [2.24, 2.45) is 0 Å². The van der Waals surface area contributed by atoms with E-state index in [1.54, 1.807) is 0 Å². The zero-order valence-corrected chi connectivity index (χ0v) is 20.9. The van der Waals surface area contributed by atoms with Crippen LogP contribution < -0.4 is 0 Å². The molecule has 2 heteroatoms. The summed E-state index contributed by atoms with van der Waals surface area (Å²) in [6.07, 6.45) is 0. The van der Waals surface area contributed by atoms with Gasteiger partial charge in [-0.15, -0.1) is 0 Å². The molecule has 0 aliphatic heterocycles. The quantitative estimate of drug-likeness (QED) is 0.203. The molecule has 7 aromatic rings. The Hall–Kier alpha value is -3.88. The second-order valence-corrected chi connectivity index (χ2v) is 10.2. The molecule has 0 spiro atoms. The average Bonchev–Trinajstić information content (AvgIpc) is 3.21. The minimum absolute atomic E-state index is 1.11. The van der Waals surface area contributed by atoms with Crippen LogP contribution in [0.15, 0.2) is 120 Å². The molecule has 0 aliphatic rings. The van der Waals surface area contributed by atoms with Gasteiger partial charge in [0.1, 0.15) is 0 Å². The van der Waals surface area contributed by atoms with Crippen molar-refractivity contribution >= 4 is 59.3 Å². The molecule has 0 amide bonds. The first-order valence-corrected chi connectivity index (χ1v) is 12.7. The highest BCUT2D eigenvalue weighted by Gasteiger charge is 2.14. The largest absolute Gasteiger partial charge is 0.309 e. The monoisotopic (exact) mass is 511 g/mol. The fourth-order valence-corrected chi connectivity index (χ4v) is 6.08. The Morgan fingerprint density at radius 1 is 0.514 bits per heavy atom. The van der Waals surface area contributed by atoms with Gasteiger partial charge < -0.3 is 4.57 Å². The SMILES string of the molecule is Cc1cc(Br)cc(-c2ccc3c4ccccc4n(-c4ccc5c(ccc6ccccc65)c4)c3c2)c1. The van der Waals surface area contributed by atoms with Crippen molar-refractivity contribution in [2.45, 2.75) is 6.92 Å².